The van der Waals surface area contributed by atoms with Crippen molar-refractivity contribution in [2.75, 3.05) is 11.9 Å². The molecule has 0 bridgehead atoms. The highest BCUT2D eigenvalue weighted by Gasteiger charge is 2.26. The summed E-state index contributed by atoms with van der Waals surface area (Å²) in [6, 6.07) is 16.7. The van der Waals surface area contributed by atoms with Crippen LogP contribution in [0.3, 0.4) is 0 Å². The van der Waals surface area contributed by atoms with E-state index in [1.165, 1.54) is 6.92 Å². The Morgan fingerprint density at radius 2 is 1.68 bits per heavy atom. The maximum Gasteiger partial charge on any atom is 0.223 e. The zero-order valence-corrected chi connectivity index (χ0v) is 14.6. The standard InChI is InChI=1S/C20H24N2O3/c1-15(23)22-18-10-8-16(9-11-18)12-13-21-19(24)14-20(2,25)17-6-4-3-5-7-17/h3-11,25H,12-14H2,1-2H3,(H,21,24)(H,22,23). The average Bonchev–Trinajstić information content (AvgIpc) is 2.56. The molecule has 25 heavy (non-hydrogen) atoms. The summed E-state index contributed by atoms with van der Waals surface area (Å²) in [5.74, 6) is -0.297. The molecule has 2 rings (SSSR count). The first-order valence-corrected chi connectivity index (χ1v) is 8.28. The number of rotatable bonds is 7. The van der Waals surface area contributed by atoms with Crippen LogP contribution in [0.1, 0.15) is 31.4 Å². The Balaban J connectivity index is 1.79. The summed E-state index contributed by atoms with van der Waals surface area (Å²) in [5.41, 5.74) is 1.34. The second kappa shape index (κ2) is 8.44. The number of anilines is 1. The molecule has 132 valence electrons. The Morgan fingerprint density at radius 1 is 1.04 bits per heavy atom. The fourth-order valence-corrected chi connectivity index (χ4v) is 2.58. The van der Waals surface area contributed by atoms with Gasteiger partial charge in [0.25, 0.3) is 0 Å². The van der Waals surface area contributed by atoms with E-state index in [4.69, 9.17) is 0 Å². The minimum absolute atomic E-state index is 0.0124. The van der Waals surface area contributed by atoms with Gasteiger partial charge in [0.2, 0.25) is 11.8 Å². The van der Waals surface area contributed by atoms with E-state index in [9.17, 15) is 14.7 Å². The topological polar surface area (TPSA) is 78.4 Å². The van der Waals surface area contributed by atoms with Crippen molar-refractivity contribution in [1.29, 1.82) is 0 Å². The number of hydrogen-bond acceptors (Lipinski definition) is 3. The highest BCUT2D eigenvalue weighted by Crippen LogP contribution is 2.23. The Bertz CT molecular complexity index is 709. The van der Waals surface area contributed by atoms with E-state index >= 15 is 0 Å². The lowest BCUT2D eigenvalue weighted by Crippen LogP contribution is -2.33. The van der Waals surface area contributed by atoms with Gasteiger partial charge in [-0.2, -0.15) is 0 Å². The lowest BCUT2D eigenvalue weighted by Gasteiger charge is -2.23. The van der Waals surface area contributed by atoms with Gasteiger partial charge in [0.15, 0.2) is 0 Å². The Morgan fingerprint density at radius 3 is 2.28 bits per heavy atom. The molecule has 0 aliphatic heterocycles. The van der Waals surface area contributed by atoms with Gasteiger partial charge in [-0.1, -0.05) is 42.5 Å². The molecule has 3 N–H and O–H groups in total. The quantitative estimate of drug-likeness (QED) is 0.725. The number of benzene rings is 2. The van der Waals surface area contributed by atoms with Crippen molar-refractivity contribution in [2.45, 2.75) is 32.3 Å². The first-order chi connectivity index (χ1) is 11.9. The van der Waals surface area contributed by atoms with Crippen LogP contribution in [0.5, 0.6) is 0 Å². The molecule has 0 saturated heterocycles. The number of hydrogen-bond donors (Lipinski definition) is 3. The second-order valence-corrected chi connectivity index (χ2v) is 6.29. The monoisotopic (exact) mass is 340 g/mol. The minimum Gasteiger partial charge on any atom is -0.385 e. The third-order valence-corrected chi connectivity index (χ3v) is 3.91. The van der Waals surface area contributed by atoms with Gasteiger partial charge in [0.1, 0.15) is 0 Å². The van der Waals surface area contributed by atoms with Gasteiger partial charge in [-0.15, -0.1) is 0 Å². The van der Waals surface area contributed by atoms with Crippen LogP contribution in [-0.2, 0) is 21.6 Å². The van der Waals surface area contributed by atoms with Crippen LogP contribution in [0, 0.1) is 0 Å². The van der Waals surface area contributed by atoms with Gasteiger partial charge in [-0.25, -0.2) is 0 Å². The third-order valence-electron chi connectivity index (χ3n) is 3.91. The summed E-state index contributed by atoms with van der Waals surface area (Å²) in [5, 5.41) is 16.0. The van der Waals surface area contributed by atoms with Crippen LogP contribution >= 0.6 is 0 Å². The zero-order chi connectivity index (χ0) is 18.3. The molecule has 2 aromatic rings. The van der Waals surface area contributed by atoms with Crippen molar-refractivity contribution < 1.29 is 14.7 Å². The fourth-order valence-electron chi connectivity index (χ4n) is 2.58. The van der Waals surface area contributed by atoms with Crippen LogP contribution in [0.2, 0.25) is 0 Å². The molecule has 1 atom stereocenters. The van der Waals surface area contributed by atoms with E-state index in [0.29, 0.717) is 13.0 Å². The van der Waals surface area contributed by atoms with Gasteiger partial charge in [0.05, 0.1) is 12.0 Å². The van der Waals surface area contributed by atoms with Crippen molar-refractivity contribution in [3.8, 4) is 0 Å². The summed E-state index contributed by atoms with van der Waals surface area (Å²) in [4.78, 5) is 23.1. The van der Waals surface area contributed by atoms with E-state index in [1.807, 2.05) is 54.6 Å². The van der Waals surface area contributed by atoms with Crippen molar-refractivity contribution >= 4 is 17.5 Å². The second-order valence-electron chi connectivity index (χ2n) is 6.29. The molecule has 1 unspecified atom stereocenters. The first kappa shape index (κ1) is 18.7. The van der Waals surface area contributed by atoms with Gasteiger partial charge in [-0.05, 0) is 36.6 Å². The Kier molecular flexibility index (Phi) is 6.31. The normalized spacial score (nSPS) is 12.9. The molecular formula is C20H24N2O3. The molecule has 5 heteroatoms. The molecule has 0 aliphatic rings. The van der Waals surface area contributed by atoms with Crippen LogP contribution in [-0.4, -0.2) is 23.5 Å². The third kappa shape index (κ3) is 6.04. The molecule has 0 fully saturated rings. The predicted molar refractivity (Wildman–Crippen MR) is 98.1 cm³/mol. The van der Waals surface area contributed by atoms with E-state index in [-0.39, 0.29) is 18.2 Å². The van der Waals surface area contributed by atoms with Crippen molar-refractivity contribution in [1.82, 2.24) is 5.32 Å². The van der Waals surface area contributed by atoms with Crippen LogP contribution in [0.4, 0.5) is 5.69 Å². The van der Waals surface area contributed by atoms with Gasteiger partial charge >= 0.3 is 0 Å². The number of amides is 2. The first-order valence-electron chi connectivity index (χ1n) is 8.28. The molecule has 0 saturated carbocycles. The van der Waals surface area contributed by atoms with Gasteiger partial charge in [0, 0.05) is 19.2 Å². The van der Waals surface area contributed by atoms with Crippen LogP contribution in [0.15, 0.2) is 54.6 Å². The summed E-state index contributed by atoms with van der Waals surface area (Å²) in [7, 11) is 0. The van der Waals surface area contributed by atoms with Crippen LogP contribution in [0.25, 0.3) is 0 Å². The summed E-state index contributed by atoms with van der Waals surface area (Å²) >= 11 is 0. The molecular weight excluding hydrogens is 316 g/mol. The summed E-state index contributed by atoms with van der Waals surface area (Å²) < 4.78 is 0. The van der Waals surface area contributed by atoms with E-state index in [1.54, 1.807) is 6.92 Å². The maximum absolute atomic E-state index is 12.1. The fraction of sp³-hybridized carbons (Fsp3) is 0.300. The van der Waals surface area contributed by atoms with Crippen LogP contribution < -0.4 is 10.6 Å². The average molecular weight is 340 g/mol. The molecule has 0 aliphatic carbocycles. The SMILES string of the molecule is CC(=O)Nc1ccc(CCNC(=O)CC(C)(O)c2ccccc2)cc1. The molecule has 0 heterocycles. The van der Waals surface area contributed by atoms with E-state index in [2.05, 4.69) is 10.6 Å². The predicted octanol–water partition coefficient (Wildman–Crippen LogP) is 2.60. The lowest BCUT2D eigenvalue weighted by molar-refractivity contribution is -0.125. The Hall–Kier alpha value is -2.66. The van der Waals surface area contributed by atoms with Crippen molar-refractivity contribution in [3.05, 3.63) is 65.7 Å². The zero-order valence-electron chi connectivity index (χ0n) is 14.6. The van der Waals surface area contributed by atoms with Gasteiger partial charge in [-0.3, -0.25) is 9.59 Å². The number of aliphatic hydroxyl groups is 1. The smallest absolute Gasteiger partial charge is 0.223 e. The summed E-state index contributed by atoms with van der Waals surface area (Å²) in [6.07, 6.45) is 0.693. The van der Waals surface area contributed by atoms with Gasteiger partial charge < -0.3 is 15.7 Å². The highest BCUT2D eigenvalue weighted by molar-refractivity contribution is 5.88. The highest BCUT2D eigenvalue weighted by atomic mass is 16.3. The van der Waals surface area contributed by atoms with E-state index < -0.39 is 5.60 Å². The minimum atomic E-state index is -1.19. The lowest BCUT2D eigenvalue weighted by atomic mass is 9.92. The number of carbonyl (C=O) groups excluding carboxylic acids is 2. The largest absolute Gasteiger partial charge is 0.385 e. The molecule has 2 aromatic carbocycles. The Labute approximate surface area is 148 Å². The molecule has 0 radical (unpaired) electrons. The molecule has 2 amide bonds. The maximum atomic E-state index is 12.1. The number of nitrogens with one attached hydrogen (secondary N) is 2. The molecule has 5 nitrogen and oxygen atoms in total. The number of carbonyl (C=O) groups is 2. The summed E-state index contributed by atoms with van der Waals surface area (Å²) in [6.45, 7) is 3.60. The van der Waals surface area contributed by atoms with E-state index in [0.717, 1.165) is 16.8 Å². The molecule has 0 spiro atoms. The molecule has 0 aromatic heterocycles. The van der Waals surface area contributed by atoms with Crippen molar-refractivity contribution in [3.63, 3.8) is 0 Å². The van der Waals surface area contributed by atoms with Crippen molar-refractivity contribution in [2.24, 2.45) is 0 Å².